The van der Waals surface area contributed by atoms with Crippen LogP contribution in [0.2, 0.25) is 0 Å². The minimum absolute atomic E-state index is 0.153. The van der Waals surface area contributed by atoms with Crippen molar-refractivity contribution in [3.8, 4) is 5.82 Å². The van der Waals surface area contributed by atoms with E-state index in [1.54, 1.807) is 30.9 Å². The van der Waals surface area contributed by atoms with Gasteiger partial charge in [0.2, 0.25) is 0 Å². The molecule has 4 aromatic rings. The Morgan fingerprint density at radius 1 is 1.00 bits per heavy atom. The van der Waals surface area contributed by atoms with Gasteiger partial charge >= 0.3 is 0 Å². The summed E-state index contributed by atoms with van der Waals surface area (Å²) in [5.41, 5.74) is 3.41. The Hall–Kier alpha value is -3.78. The molecule has 8 nitrogen and oxygen atoms in total. The maximum absolute atomic E-state index is 12.8. The van der Waals surface area contributed by atoms with Crippen molar-refractivity contribution in [3.63, 3.8) is 0 Å². The summed E-state index contributed by atoms with van der Waals surface area (Å²) in [6.45, 7) is 3.12. The average Bonchev–Trinajstić information content (AvgIpc) is 3.28. The first-order valence-electron chi connectivity index (χ1n) is 10.2. The van der Waals surface area contributed by atoms with Crippen LogP contribution in [0.4, 0.5) is 5.82 Å². The number of hydrogen-bond acceptors (Lipinski definition) is 6. The van der Waals surface area contributed by atoms with Crippen molar-refractivity contribution < 1.29 is 9.53 Å². The SMILES string of the molecule is O=C(NCc1ccc(-n2cnc3ccccc32)nc1)c1cccnc1N1CCOCC1. The number of carbonyl (C=O) groups excluding carboxylic acids is 1. The lowest BCUT2D eigenvalue weighted by molar-refractivity contribution is 0.0949. The zero-order chi connectivity index (χ0) is 21.0. The van der Waals surface area contributed by atoms with Gasteiger partial charge < -0.3 is 15.0 Å². The molecule has 4 heterocycles. The molecule has 0 saturated carbocycles. The van der Waals surface area contributed by atoms with E-state index < -0.39 is 0 Å². The maximum atomic E-state index is 12.8. The number of rotatable bonds is 5. The summed E-state index contributed by atoms with van der Waals surface area (Å²) in [5, 5.41) is 2.98. The zero-order valence-corrected chi connectivity index (χ0v) is 16.9. The third kappa shape index (κ3) is 3.97. The second kappa shape index (κ2) is 8.53. The van der Waals surface area contributed by atoms with Crippen molar-refractivity contribution in [1.29, 1.82) is 0 Å². The van der Waals surface area contributed by atoms with Gasteiger partial charge in [-0.2, -0.15) is 0 Å². The summed E-state index contributed by atoms with van der Waals surface area (Å²) < 4.78 is 7.35. The van der Waals surface area contributed by atoms with Crippen LogP contribution in [-0.4, -0.2) is 51.7 Å². The van der Waals surface area contributed by atoms with E-state index >= 15 is 0 Å². The van der Waals surface area contributed by atoms with Gasteiger partial charge in [0.05, 0.1) is 29.8 Å². The molecular weight excluding hydrogens is 392 g/mol. The topological polar surface area (TPSA) is 85.2 Å². The molecule has 5 rings (SSSR count). The summed E-state index contributed by atoms with van der Waals surface area (Å²) in [6.07, 6.45) is 5.25. The number of para-hydroxylation sites is 2. The molecule has 1 N–H and O–H groups in total. The summed E-state index contributed by atoms with van der Waals surface area (Å²) in [4.78, 5) is 28.3. The first kappa shape index (κ1) is 19.2. The van der Waals surface area contributed by atoms with Crippen molar-refractivity contribution in [2.45, 2.75) is 6.54 Å². The highest BCUT2D eigenvalue weighted by atomic mass is 16.5. The molecule has 1 aliphatic rings. The van der Waals surface area contributed by atoms with E-state index in [1.165, 1.54) is 0 Å². The molecule has 3 aromatic heterocycles. The van der Waals surface area contributed by atoms with Gasteiger partial charge in [0.25, 0.3) is 5.91 Å². The highest BCUT2D eigenvalue weighted by Gasteiger charge is 2.19. The van der Waals surface area contributed by atoms with Crippen LogP contribution in [0.3, 0.4) is 0 Å². The fourth-order valence-corrected chi connectivity index (χ4v) is 3.68. The van der Waals surface area contributed by atoms with Gasteiger partial charge in [-0.05, 0) is 35.9 Å². The molecule has 1 aromatic carbocycles. The van der Waals surface area contributed by atoms with Crippen molar-refractivity contribution in [3.05, 3.63) is 78.4 Å². The number of pyridine rings is 2. The van der Waals surface area contributed by atoms with Crippen LogP contribution in [0.5, 0.6) is 0 Å². The monoisotopic (exact) mass is 414 g/mol. The standard InChI is InChI=1S/C23H22N6O2/c30-23(18-4-3-9-24-22(18)28-10-12-31-13-11-28)26-15-17-7-8-21(25-14-17)29-16-27-19-5-1-2-6-20(19)29/h1-9,14,16H,10-13,15H2,(H,26,30). The second-order valence-electron chi connectivity index (χ2n) is 7.28. The van der Waals surface area contributed by atoms with Gasteiger partial charge in [-0.15, -0.1) is 0 Å². The number of carbonyl (C=O) groups is 1. The van der Waals surface area contributed by atoms with Crippen LogP contribution < -0.4 is 10.2 Å². The Labute approximate surface area is 179 Å². The van der Waals surface area contributed by atoms with Crippen LogP contribution in [0, 0.1) is 0 Å². The molecule has 1 saturated heterocycles. The minimum atomic E-state index is -0.153. The van der Waals surface area contributed by atoms with Crippen molar-refractivity contribution in [1.82, 2.24) is 24.8 Å². The average molecular weight is 414 g/mol. The van der Waals surface area contributed by atoms with Gasteiger partial charge in [-0.3, -0.25) is 9.36 Å². The lowest BCUT2D eigenvalue weighted by Crippen LogP contribution is -2.38. The number of nitrogens with one attached hydrogen (secondary N) is 1. The number of amides is 1. The Kier molecular flexibility index (Phi) is 5.28. The third-order valence-corrected chi connectivity index (χ3v) is 5.30. The maximum Gasteiger partial charge on any atom is 0.255 e. The molecule has 1 fully saturated rings. The second-order valence-corrected chi connectivity index (χ2v) is 7.28. The van der Waals surface area contributed by atoms with Crippen LogP contribution in [-0.2, 0) is 11.3 Å². The van der Waals surface area contributed by atoms with Crippen LogP contribution in [0.1, 0.15) is 15.9 Å². The number of hydrogen-bond donors (Lipinski definition) is 1. The molecule has 0 unspecified atom stereocenters. The van der Waals surface area contributed by atoms with Gasteiger partial charge in [0.15, 0.2) is 0 Å². The Balaban J connectivity index is 1.28. The van der Waals surface area contributed by atoms with Crippen LogP contribution in [0.15, 0.2) is 67.3 Å². The predicted octanol–water partition coefficient (Wildman–Crippen LogP) is 2.58. The van der Waals surface area contributed by atoms with Gasteiger partial charge in [0.1, 0.15) is 18.0 Å². The molecule has 1 amide bonds. The van der Waals surface area contributed by atoms with Gasteiger partial charge in [-0.1, -0.05) is 18.2 Å². The van der Waals surface area contributed by atoms with E-state index in [1.807, 2.05) is 41.0 Å². The van der Waals surface area contributed by atoms with Crippen LogP contribution >= 0.6 is 0 Å². The van der Waals surface area contributed by atoms with E-state index in [0.717, 1.165) is 35.5 Å². The first-order chi connectivity index (χ1) is 15.3. The molecule has 0 atom stereocenters. The van der Waals surface area contributed by atoms with Crippen molar-refractivity contribution in [2.75, 3.05) is 31.2 Å². The third-order valence-electron chi connectivity index (χ3n) is 5.30. The Morgan fingerprint density at radius 3 is 2.71 bits per heavy atom. The summed E-state index contributed by atoms with van der Waals surface area (Å²) in [6, 6.07) is 15.4. The Bertz CT molecular complexity index is 1200. The molecule has 31 heavy (non-hydrogen) atoms. The number of morpholine rings is 1. The molecule has 8 heteroatoms. The molecule has 1 aliphatic heterocycles. The normalized spacial score (nSPS) is 14.0. The highest BCUT2D eigenvalue weighted by molar-refractivity contribution is 5.98. The predicted molar refractivity (Wildman–Crippen MR) is 117 cm³/mol. The molecule has 0 bridgehead atoms. The summed E-state index contributed by atoms with van der Waals surface area (Å²) >= 11 is 0. The molecular formula is C23H22N6O2. The van der Waals surface area contributed by atoms with Crippen LogP contribution in [0.25, 0.3) is 16.9 Å². The fraction of sp³-hybridized carbons (Fsp3) is 0.217. The number of fused-ring (bicyclic) bond motifs is 1. The van der Waals surface area contributed by atoms with Gasteiger partial charge in [-0.25, -0.2) is 15.0 Å². The first-order valence-corrected chi connectivity index (χ1v) is 10.2. The number of imidazole rings is 1. The molecule has 156 valence electrons. The van der Waals surface area contributed by atoms with E-state index in [-0.39, 0.29) is 5.91 Å². The van der Waals surface area contributed by atoms with Gasteiger partial charge in [0, 0.05) is 32.0 Å². The number of ether oxygens (including phenoxy) is 1. The summed E-state index contributed by atoms with van der Waals surface area (Å²) in [5.74, 6) is 1.33. The number of aromatic nitrogens is 4. The largest absolute Gasteiger partial charge is 0.378 e. The number of anilines is 1. The lowest BCUT2D eigenvalue weighted by atomic mass is 10.2. The quantitative estimate of drug-likeness (QED) is 0.540. The number of benzene rings is 1. The van der Waals surface area contributed by atoms with E-state index in [9.17, 15) is 4.79 Å². The van der Waals surface area contributed by atoms with E-state index in [4.69, 9.17) is 4.74 Å². The van der Waals surface area contributed by atoms with Crippen molar-refractivity contribution >= 4 is 22.8 Å². The van der Waals surface area contributed by atoms with Crippen molar-refractivity contribution in [2.24, 2.45) is 0 Å². The highest BCUT2D eigenvalue weighted by Crippen LogP contribution is 2.19. The molecule has 0 spiro atoms. The zero-order valence-electron chi connectivity index (χ0n) is 16.9. The molecule has 0 aliphatic carbocycles. The smallest absolute Gasteiger partial charge is 0.255 e. The lowest BCUT2D eigenvalue weighted by Gasteiger charge is -2.29. The fourth-order valence-electron chi connectivity index (χ4n) is 3.68. The summed E-state index contributed by atoms with van der Waals surface area (Å²) in [7, 11) is 0. The van der Waals surface area contributed by atoms with E-state index in [0.29, 0.717) is 31.1 Å². The Morgan fingerprint density at radius 2 is 1.87 bits per heavy atom. The number of nitrogens with zero attached hydrogens (tertiary/aromatic N) is 5. The molecule has 0 radical (unpaired) electrons. The minimum Gasteiger partial charge on any atom is -0.378 e. The van der Waals surface area contributed by atoms with E-state index in [2.05, 4.69) is 25.2 Å².